The maximum Gasteiger partial charge on any atom is 0.123 e. The van der Waals surface area contributed by atoms with E-state index in [4.69, 9.17) is 0 Å². The third-order valence-electron chi connectivity index (χ3n) is 2.95. The van der Waals surface area contributed by atoms with E-state index in [2.05, 4.69) is 23.4 Å². The second-order valence-corrected chi connectivity index (χ2v) is 4.09. The number of aryl methyl sites for hydroxylation is 2. The third kappa shape index (κ3) is 2.54. The number of imidazole rings is 1. The third-order valence-corrected chi connectivity index (χ3v) is 2.95. The Kier molecular flexibility index (Phi) is 3.57. The van der Waals surface area contributed by atoms with Gasteiger partial charge in [-0.3, -0.25) is 0 Å². The number of benzene rings is 1. The molecule has 0 saturated carbocycles. The molecule has 2 aromatic rings. The molecule has 0 aliphatic rings. The summed E-state index contributed by atoms with van der Waals surface area (Å²) in [6, 6.07) is 6.66. The van der Waals surface area contributed by atoms with Crippen molar-refractivity contribution in [3.8, 4) is 0 Å². The molecule has 0 spiro atoms. The minimum atomic E-state index is -0.189. The molecule has 3 heteroatoms. The van der Waals surface area contributed by atoms with Crippen LogP contribution in [-0.2, 0) is 19.4 Å². The Balaban J connectivity index is 2.28. The van der Waals surface area contributed by atoms with Crippen molar-refractivity contribution in [1.29, 1.82) is 0 Å². The Morgan fingerprint density at radius 3 is 2.41 bits per heavy atom. The van der Waals surface area contributed by atoms with E-state index >= 15 is 0 Å². The van der Waals surface area contributed by atoms with Crippen LogP contribution in [0.25, 0.3) is 0 Å². The molecule has 0 saturated heterocycles. The van der Waals surface area contributed by atoms with Crippen molar-refractivity contribution in [2.75, 3.05) is 0 Å². The highest BCUT2D eigenvalue weighted by Gasteiger charge is 2.07. The molecule has 0 radical (unpaired) electrons. The van der Waals surface area contributed by atoms with Gasteiger partial charge in [0.15, 0.2) is 0 Å². The van der Waals surface area contributed by atoms with Crippen LogP contribution in [-0.4, -0.2) is 9.55 Å². The molecule has 0 amide bonds. The van der Waals surface area contributed by atoms with Crippen molar-refractivity contribution >= 4 is 0 Å². The summed E-state index contributed by atoms with van der Waals surface area (Å²) in [7, 11) is 0. The zero-order valence-electron chi connectivity index (χ0n) is 10.3. The van der Waals surface area contributed by atoms with Gasteiger partial charge in [-0.05, 0) is 24.1 Å². The zero-order valence-corrected chi connectivity index (χ0v) is 10.3. The van der Waals surface area contributed by atoms with Gasteiger partial charge in [0.05, 0.1) is 0 Å². The summed E-state index contributed by atoms with van der Waals surface area (Å²) >= 11 is 0. The van der Waals surface area contributed by atoms with Gasteiger partial charge in [-0.15, -0.1) is 0 Å². The summed E-state index contributed by atoms with van der Waals surface area (Å²) in [4.78, 5) is 4.41. The molecular weight excluding hydrogens is 215 g/mol. The second-order valence-electron chi connectivity index (χ2n) is 4.09. The van der Waals surface area contributed by atoms with E-state index in [0.29, 0.717) is 0 Å². The number of aromatic nitrogens is 2. The van der Waals surface area contributed by atoms with Crippen LogP contribution in [0.3, 0.4) is 0 Å². The molecule has 0 aliphatic carbocycles. The van der Waals surface area contributed by atoms with Crippen molar-refractivity contribution < 1.29 is 4.39 Å². The van der Waals surface area contributed by atoms with Crippen LogP contribution in [0.5, 0.6) is 0 Å². The molecule has 2 nitrogen and oxygen atoms in total. The van der Waals surface area contributed by atoms with E-state index < -0.39 is 0 Å². The number of hydrogen-bond acceptors (Lipinski definition) is 1. The Morgan fingerprint density at radius 2 is 1.82 bits per heavy atom. The fourth-order valence-electron chi connectivity index (χ4n) is 1.98. The van der Waals surface area contributed by atoms with E-state index in [9.17, 15) is 4.39 Å². The van der Waals surface area contributed by atoms with E-state index in [0.717, 1.165) is 30.8 Å². The largest absolute Gasteiger partial charge is 0.328 e. The molecule has 0 aliphatic heterocycles. The van der Waals surface area contributed by atoms with Crippen molar-refractivity contribution in [3.63, 3.8) is 0 Å². The predicted molar refractivity (Wildman–Crippen MR) is 66.5 cm³/mol. The Hall–Kier alpha value is -1.64. The normalized spacial score (nSPS) is 10.8. The Labute approximate surface area is 101 Å². The number of nitrogens with zero attached hydrogens (tertiary/aromatic N) is 2. The highest BCUT2D eigenvalue weighted by molar-refractivity contribution is 5.18. The molecule has 90 valence electrons. The van der Waals surface area contributed by atoms with E-state index in [-0.39, 0.29) is 5.82 Å². The molecule has 1 aromatic heterocycles. The number of halogens is 1. The van der Waals surface area contributed by atoms with E-state index in [1.54, 1.807) is 0 Å². The van der Waals surface area contributed by atoms with Gasteiger partial charge in [0.2, 0.25) is 0 Å². The number of rotatable bonds is 4. The summed E-state index contributed by atoms with van der Waals surface area (Å²) < 4.78 is 15.1. The van der Waals surface area contributed by atoms with Gasteiger partial charge in [-0.25, -0.2) is 9.37 Å². The lowest BCUT2D eigenvalue weighted by Crippen LogP contribution is -2.07. The fourth-order valence-corrected chi connectivity index (χ4v) is 1.98. The average molecular weight is 232 g/mol. The zero-order chi connectivity index (χ0) is 12.3. The second kappa shape index (κ2) is 5.13. The minimum Gasteiger partial charge on any atom is -0.328 e. The Morgan fingerprint density at radius 1 is 1.12 bits per heavy atom. The molecule has 0 unspecified atom stereocenters. The van der Waals surface area contributed by atoms with Crippen LogP contribution in [0.2, 0.25) is 0 Å². The molecular formula is C14H17FN2. The molecule has 1 heterocycles. The van der Waals surface area contributed by atoms with Gasteiger partial charge in [-0.2, -0.15) is 0 Å². The van der Waals surface area contributed by atoms with Crippen LogP contribution in [0.1, 0.15) is 30.9 Å². The monoisotopic (exact) mass is 232 g/mol. The molecule has 17 heavy (non-hydrogen) atoms. The molecule has 0 atom stereocenters. The first-order valence-electron chi connectivity index (χ1n) is 6.02. The maximum atomic E-state index is 12.8. The summed E-state index contributed by atoms with van der Waals surface area (Å²) in [5.41, 5.74) is 2.33. The van der Waals surface area contributed by atoms with Crippen molar-refractivity contribution in [3.05, 3.63) is 53.4 Å². The van der Waals surface area contributed by atoms with Gasteiger partial charge < -0.3 is 4.57 Å². The van der Waals surface area contributed by atoms with Gasteiger partial charge in [-0.1, -0.05) is 26.0 Å². The summed E-state index contributed by atoms with van der Waals surface area (Å²) in [6.45, 7) is 4.99. The smallest absolute Gasteiger partial charge is 0.123 e. The maximum absolute atomic E-state index is 12.8. The molecule has 0 N–H and O–H groups in total. The Bertz CT molecular complexity index is 464. The minimum absolute atomic E-state index is 0.189. The first kappa shape index (κ1) is 11.8. The molecule has 2 rings (SSSR count). The summed E-state index contributed by atoms with van der Waals surface area (Å²) in [5.74, 6) is 0.900. The molecule has 0 fully saturated rings. The lowest BCUT2D eigenvalue weighted by atomic mass is 10.2. The highest BCUT2D eigenvalue weighted by Crippen LogP contribution is 2.12. The lowest BCUT2D eigenvalue weighted by molar-refractivity contribution is 0.625. The highest BCUT2D eigenvalue weighted by atomic mass is 19.1. The fraction of sp³-hybridized carbons (Fsp3) is 0.357. The standard InChI is InChI=1S/C14H17FN2/c1-3-13-9-16-14(4-2)17(13)10-11-5-7-12(15)8-6-11/h5-9H,3-4,10H2,1-2H3. The lowest BCUT2D eigenvalue weighted by Gasteiger charge is -2.10. The van der Waals surface area contributed by atoms with Crippen LogP contribution in [0, 0.1) is 5.82 Å². The van der Waals surface area contributed by atoms with Crippen LogP contribution in [0.15, 0.2) is 30.5 Å². The quantitative estimate of drug-likeness (QED) is 0.791. The van der Waals surface area contributed by atoms with Crippen molar-refractivity contribution in [2.45, 2.75) is 33.2 Å². The van der Waals surface area contributed by atoms with Gasteiger partial charge in [0.25, 0.3) is 0 Å². The average Bonchev–Trinajstić information content (AvgIpc) is 2.74. The van der Waals surface area contributed by atoms with Crippen LogP contribution in [0.4, 0.5) is 4.39 Å². The van der Waals surface area contributed by atoms with Crippen molar-refractivity contribution in [2.24, 2.45) is 0 Å². The predicted octanol–water partition coefficient (Wildman–Crippen LogP) is 3.20. The van der Waals surface area contributed by atoms with Crippen molar-refractivity contribution in [1.82, 2.24) is 9.55 Å². The van der Waals surface area contributed by atoms with E-state index in [1.165, 1.54) is 17.8 Å². The molecule has 1 aromatic carbocycles. The topological polar surface area (TPSA) is 17.8 Å². The van der Waals surface area contributed by atoms with Gasteiger partial charge >= 0.3 is 0 Å². The number of hydrogen-bond donors (Lipinski definition) is 0. The first-order chi connectivity index (χ1) is 8.24. The summed E-state index contributed by atoms with van der Waals surface area (Å²) in [6.07, 6.45) is 3.82. The van der Waals surface area contributed by atoms with Gasteiger partial charge in [0.1, 0.15) is 11.6 Å². The first-order valence-corrected chi connectivity index (χ1v) is 6.02. The van der Waals surface area contributed by atoms with E-state index in [1.807, 2.05) is 18.3 Å². The van der Waals surface area contributed by atoms with Crippen LogP contribution >= 0.6 is 0 Å². The molecule has 0 bridgehead atoms. The summed E-state index contributed by atoms with van der Waals surface area (Å²) in [5, 5.41) is 0. The van der Waals surface area contributed by atoms with Crippen LogP contribution < -0.4 is 0 Å². The van der Waals surface area contributed by atoms with Gasteiger partial charge in [0, 0.05) is 24.9 Å². The SMILES string of the molecule is CCc1cnc(CC)n1Cc1ccc(F)cc1.